The smallest absolute Gasteiger partial charge is 0.0890 e. The molecule has 0 amide bonds. The van der Waals surface area contributed by atoms with Gasteiger partial charge in [0.15, 0.2) is 0 Å². The van der Waals surface area contributed by atoms with Crippen molar-refractivity contribution in [3.63, 3.8) is 0 Å². The van der Waals surface area contributed by atoms with E-state index in [1.165, 1.54) is 4.88 Å². The standard InChI is InChI=1S/C14H13N3S/c15-12(9-11-2-1-7-18-11)10-3-4-13-14(8-10)17-6-5-16-13/h1-8,12H,9,15H2. The number of rotatable bonds is 3. The summed E-state index contributed by atoms with van der Waals surface area (Å²) in [6.07, 6.45) is 4.27. The van der Waals surface area contributed by atoms with Crippen molar-refractivity contribution in [3.05, 3.63) is 58.5 Å². The van der Waals surface area contributed by atoms with Crippen LogP contribution in [0.3, 0.4) is 0 Å². The fourth-order valence-electron chi connectivity index (χ4n) is 1.97. The average molecular weight is 255 g/mol. The number of nitrogens with two attached hydrogens (primary N) is 1. The second-order valence-electron chi connectivity index (χ2n) is 4.19. The first-order valence-corrected chi connectivity index (χ1v) is 6.69. The first-order valence-electron chi connectivity index (χ1n) is 5.81. The lowest BCUT2D eigenvalue weighted by Gasteiger charge is -2.11. The Morgan fingerprint density at radius 3 is 2.72 bits per heavy atom. The number of benzene rings is 1. The quantitative estimate of drug-likeness (QED) is 0.783. The average Bonchev–Trinajstić information content (AvgIpc) is 2.91. The fourth-order valence-corrected chi connectivity index (χ4v) is 2.74. The molecule has 3 nitrogen and oxygen atoms in total. The van der Waals surface area contributed by atoms with Gasteiger partial charge in [-0.3, -0.25) is 9.97 Å². The van der Waals surface area contributed by atoms with Gasteiger partial charge in [0.25, 0.3) is 0 Å². The van der Waals surface area contributed by atoms with Crippen molar-refractivity contribution in [2.75, 3.05) is 0 Å². The highest BCUT2D eigenvalue weighted by atomic mass is 32.1. The molecular weight excluding hydrogens is 242 g/mol. The van der Waals surface area contributed by atoms with E-state index in [-0.39, 0.29) is 6.04 Å². The molecule has 0 fully saturated rings. The highest BCUT2D eigenvalue weighted by Crippen LogP contribution is 2.21. The van der Waals surface area contributed by atoms with E-state index in [9.17, 15) is 0 Å². The molecule has 2 N–H and O–H groups in total. The van der Waals surface area contributed by atoms with E-state index >= 15 is 0 Å². The summed E-state index contributed by atoms with van der Waals surface area (Å²) >= 11 is 1.74. The second kappa shape index (κ2) is 4.84. The lowest BCUT2D eigenvalue weighted by atomic mass is 10.0. The SMILES string of the molecule is NC(Cc1cccs1)c1ccc2nccnc2c1. The summed E-state index contributed by atoms with van der Waals surface area (Å²) in [5.41, 5.74) is 9.15. The van der Waals surface area contributed by atoms with Gasteiger partial charge < -0.3 is 5.73 Å². The molecule has 2 heterocycles. The Hall–Kier alpha value is -1.78. The van der Waals surface area contributed by atoms with E-state index in [0.717, 1.165) is 23.0 Å². The Morgan fingerprint density at radius 1 is 1.11 bits per heavy atom. The van der Waals surface area contributed by atoms with Crippen LogP contribution in [-0.2, 0) is 6.42 Å². The highest BCUT2D eigenvalue weighted by Gasteiger charge is 2.09. The first-order chi connectivity index (χ1) is 8.83. The third kappa shape index (κ3) is 2.25. The molecule has 90 valence electrons. The Balaban J connectivity index is 1.89. The molecule has 18 heavy (non-hydrogen) atoms. The normalized spacial score (nSPS) is 12.7. The van der Waals surface area contributed by atoms with E-state index in [2.05, 4.69) is 27.5 Å². The minimum atomic E-state index is 0.00931. The highest BCUT2D eigenvalue weighted by molar-refractivity contribution is 7.09. The zero-order chi connectivity index (χ0) is 12.4. The Morgan fingerprint density at radius 2 is 1.94 bits per heavy atom. The predicted octanol–water partition coefficient (Wildman–Crippen LogP) is 2.93. The zero-order valence-electron chi connectivity index (χ0n) is 9.78. The number of fused-ring (bicyclic) bond motifs is 1. The van der Waals surface area contributed by atoms with Gasteiger partial charge in [-0.25, -0.2) is 0 Å². The number of aromatic nitrogens is 2. The van der Waals surface area contributed by atoms with Crippen LogP contribution in [0.1, 0.15) is 16.5 Å². The van der Waals surface area contributed by atoms with Crippen LogP contribution in [-0.4, -0.2) is 9.97 Å². The summed E-state index contributed by atoms with van der Waals surface area (Å²) < 4.78 is 0. The van der Waals surface area contributed by atoms with Crippen LogP contribution in [0.2, 0.25) is 0 Å². The lowest BCUT2D eigenvalue weighted by Crippen LogP contribution is -2.12. The van der Waals surface area contributed by atoms with Crippen LogP contribution in [0, 0.1) is 0 Å². The van der Waals surface area contributed by atoms with Crippen LogP contribution in [0.5, 0.6) is 0 Å². The van der Waals surface area contributed by atoms with Crippen LogP contribution in [0.25, 0.3) is 11.0 Å². The van der Waals surface area contributed by atoms with Crippen LogP contribution in [0.4, 0.5) is 0 Å². The van der Waals surface area contributed by atoms with E-state index in [4.69, 9.17) is 5.73 Å². The summed E-state index contributed by atoms with van der Waals surface area (Å²) in [5.74, 6) is 0. The van der Waals surface area contributed by atoms with Crippen LogP contribution >= 0.6 is 11.3 Å². The molecule has 2 aromatic heterocycles. The molecular formula is C14H13N3S. The lowest BCUT2D eigenvalue weighted by molar-refractivity contribution is 0.731. The molecule has 1 unspecified atom stereocenters. The van der Waals surface area contributed by atoms with Crippen LogP contribution < -0.4 is 5.73 Å². The Labute approximate surface area is 109 Å². The molecule has 3 rings (SSSR count). The van der Waals surface area contributed by atoms with Crippen molar-refractivity contribution >= 4 is 22.4 Å². The van der Waals surface area contributed by atoms with Gasteiger partial charge in [0.1, 0.15) is 0 Å². The van der Waals surface area contributed by atoms with Gasteiger partial charge in [0.05, 0.1) is 11.0 Å². The van der Waals surface area contributed by atoms with E-state index in [1.54, 1.807) is 23.7 Å². The predicted molar refractivity (Wildman–Crippen MR) is 74.5 cm³/mol. The molecule has 1 atom stereocenters. The molecule has 0 saturated heterocycles. The van der Waals surface area contributed by atoms with Gasteiger partial charge >= 0.3 is 0 Å². The second-order valence-corrected chi connectivity index (χ2v) is 5.23. The molecule has 0 spiro atoms. The number of hydrogen-bond acceptors (Lipinski definition) is 4. The molecule has 1 aromatic carbocycles. The number of thiophene rings is 1. The van der Waals surface area contributed by atoms with E-state index in [1.807, 2.05) is 18.2 Å². The fraction of sp³-hybridized carbons (Fsp3) is 0.143. The summed E-state index contributed by atoms with van der Waals surface area (Å²) in [6.45, 7) is 0. The van der Waals surface area contributed by atoms with E-state index < -0.39 is 0 Å². The zero-order valence-corrected chi connectivity index (χ0v) is 10.6. The van der Waals surface area contributed by atoms with Crippen molar-refractivity contribution in [2.45, 2.75) is 12.5 Å². The van der Waals surface area contributed by atoms with Crippen molar-refractivity contribution in [3.8, 4) is 0 Å². The summed E-state index contributed by atoms with van der Waals surface area (Å²) in [5, 5.41) is 2.08. The number of hydrogen-bond donors (Lipinski definition) is 1. The topological polar surface area (TPSA) is 51.8 Å². The number of nitrogens with zero attached hydrogens (tertiary/aromatic N) is 2. The largest absolute Gasteiger partial charge is 0.324 e. The van der Waals surface area contributed by atoms with E-state index in [0.29, 0.717) is 0 Å². The first kappa shape index (κ1) is 11.3. The summed E-state index contributed by atoms with van der Waals surface area (Å²) in [6, 6.07) is 10.2. The molecule has 0 bridgehead atoms. The molecule has 0 aliphatic rings. The van der Waals surface area contributed by atoms with Crippen molar-refractivity contribution in [2.24, 2.45) is 5.73 Å². The van der Waals surface area contributed by atoms with Crippen molar-refractivity contribution in [1.82, 2.24) is 9.97 Å². The van der Waals surface area contributed by atoms with Gasteiger partial charge in [-0.2, -0.15) is 0 Å². The van der Waals surface area contributed by atoms with Crippen molar-refractivity contribution < 1.29 is 0 Å². The summed E-state index contributed by atoms with van der Waals surface area (Å²) in [7, 11) is 0. The molecule has 0 aliphatic heterocycles. The van der Waals surface area contributed by atoms with Gasteiger partial charge in [0.2, 0.25) is 0 Å². The maximum Gasteiger partial charge on any atom is 0.0890 e. The maximum absolute atomic E-state index is 6.24. The van der Waals surface area contributed by atoms with Crippen LogP contribution in [0.15, 0.2) is 48.1 Å². The minimum absolute atomic E-state index is 0.00931. The van der Waals surface area contributed by atoms with Crippen molar-refractivity contribution in [1.29, 1.82) is 0 Å². The Bertz CT molecular complexity index is 649. The molecule has 4 heteroatoms. The van der Waals surface area contributed by atoms with Gasteiger partial charge in [-0.15, -0.1) is 11.3 Å². The molecule has 0 radical (unpaired) electrons. The maximum atomic E-state index is 6.24. The third-order valence-electron chi connectivity index (χ3n) is 2.92. The Kier molecular flexibility index (Phi) is 3.04. The summed E-state index contributed by atoms with van der Waals surface area (Å²) in [4.78, 5) is 9.87. The van der Waals surface area contributed by atoms with Gasteiger partial charge in [-0.05, 0) is 29.1 Å². The third-order valence-corrected chi connectivity index (χ3v) is 3.82. The molecule has 3 aromatic rings. The molecule has 0 aliphatic carbocycles. The van der Waals surface area contributed by atoms with Gasteiger partial charge in [0, 0.05) is 29.7 Å². The monoisotopic (exact) mass is 255 g/mol. The molecule has 0 saturated carbocycles. The van der Waals surface area contributed by atoms with Gasteiger partial charge in [-0.1, -0.05) is 12.1 Å². The minimum Gasteiger partial charge on any atom is -0.324 e.